The fourth-order valence-corrected chi connectivity index (χ4v) is 4.45. The molecular formula is C22H36N2O5S. The summed E-state index contributed by atoms with van der Waals surface area (Å²) < 4.78 is 38.3. The van der Waals surface area contributed by atoms with Crippen molar-refractivity contribution in [1.29, 1.82) is 0 Å². The van der Waals surface area contributed by atoms with E-state index in [0.29, 0.717) is 44.1 Å². The van der Waals surface area contributed by atoms with Crippen LogP contribution in [0.1, 0.15) is 71.6 Å². The lowest BCUT2D eigenvalue weighted by Gasteiger charge is -2.18. The highest BCUT2D eigenvalue weighted by Crippen LogP contribution is 2.32. The number of carbonyl (C=O) groups is 1. The van der Waals surface area contributed by atoms with Crippen molar-refractivity contribution in [2.45, 2.75) is 82.6 Å². The van der Waals surface area contributed by atoms with Gasteiger partial charge in [0.1, 0.15) is 13.2 Å². The molecule has 30 heavy (non-hydrogen) atoms. The maximum atomic E-state index is 12.4. The highest BCUT2D eigenvalue weighted by molar-refractivity contribution is 7.89. The van der Waals surface area contributed by atoms with Gasteiger partial charge in [0.15, 0.2) is 11.5 Å². The van der Waals surface area contributed by atoms with Crippen LogP contribution in [-0.4, -0.2) is 40.1 Å². The molecule has 2 rings (SSSR count). The Morgan fingerprint density at radius 3 is 2.53 bits per heavy atom. The van der Waals surface area contributed by atoms with E-state index in [2.05, 4.69) is 23.9 Å². The predicted molar refractivity (Wildman–Crippen MR) is 117 cm³/mol. The van der Waals surface area contributed by atoms with Crippen molar-refractivity contribution in [3.8, 4) is 11.5 Å². The first kappa shape index (κ1) is 24.5. The van der Waals surface area contributed by atoms with Crippen LogP contribution in [0.25, 0.3) is 0 Å². The largest absolute Gasteiger partial charge is 0.486 e. The molecule has 1 aliphatic heterocycles. The molecule has 0 saturated carbocycles. The van der Waals surface area contributed by atoms with Gasteiger partial charge < -0.3 is 14.8 Å². The summed E-state index contributed by atoms with van der Waals surface area (Å²) in [6.45, 7) is 5.46. The second-order valence-corrected chi connectivity index (χ2v) is 9.60. The zero-order valence-electron chi connectivity index (χ0n) is 18.2. The third-order valence-corrected chi connectivity index (χ3v) is 6.55. The highest BCUT2D eigenvalue weighted by Gasteiger charge is 2.19. The van der Waals surface area contributed by atoms with Gasteiger partial charge in [0.05, 0.1) is 4.90 Å². The first-order chi connectivity index (χ1) is 14.4. The van der Waals surface area contributed by atoms with Crippen LogP contribution < -0.4 is 19.5 Å². The SMILES string of the molecule is CCCCCCC(C)NC(=O)CCCCCNS(=O)(=O)c1ccc2c(c1)OCCO2. The number of carbonyl (C=O) groups excluding carboxylic acids is 1. The maximum absolute atomic E-state index is 12.4. The van der Waals surface area contributed by atoms with Crippen LogP contribution in [-0.2, 0) is 14.8 Å². The van der Waals surface area contributed by atoms with Crippen molar-refractivity contribution in [3.63, 3.8) is 0 Å². The van der Waals surface area contributed by atoms with Crippen molar-refractivity contribution in [3.05, 3.63) is 18.2 Å². The average molecular weight is 441 g/mol. The lowest BCUT2D eigenvalue weighted by atomic mass is 10.1. The molecule has 7 nitrogen and oxygen atoms in total. The van der Waals surface area contributed by atoms with Gasteiger partial charge in [0, 0.05) is 25.1 Å². The quantitative estimate of drug-likeness (QED) is 0.430. The molecule has 1 unspecified atom stereocenters. The van der Waals surface area contributed by atoms with E-state index in [1.165, 1.54) is 31.4 Å². The zero-order chi connectivity index (χ0) is 21.8. The number of unbranched alkanes of at least 4 members (excludes halogenated alkanes) is 5. The molecule has 0 fully saturated rings. The van der Waals surface area contributed by atoms with Gasteiger partial charge in [-0.1, -0.05) is 39.0 Å². The molecule has 0 aromatic heterocycles. The van der Waals surface area contributed by atoms with Gasteiger partial charge in [-0.05, 0) is 38.3 Å². The molecule has 2 N–H and O–H groups in total. The van der Waals surface area contributed by atoms with Gasteiger partial charge in [0.25, 0.3) is 0 Å². The van der Waals surface area contributed by atoms with Crippen LogP contribution in [0.4, 0.5) is 0 Å². The Morgan fingerprint density at radius 1 is 1.03 bits per heavy atom. The number of hydrogen-bond donors (Lipinski definition) is 2. The molecule has 1 heterocycles. The minimum Gasteiger partial charge on any atom is -0.486 e. The molecular weight excluding hydrogens is 404 g/mol. The lowest BCUT2D eigenvalue weighted by Crippen LogP contribution is -2.32. The molecule has 0 spiro atoms. The molecule has 170 valence electrons. The minimum atomic E-state index is -3.59. The van der Waals surface area contributed by atoms with E-state index in [1.807, 2.05) is 0 Å². The number of benzene rings is 1. The van der Waals surface area contributed by atoms with Crippen molar-refractivity contribution < 1.29 is 22.7 Å². The highest BCUT2D eigenvalue weighted by atomic mass is 32.2. The van der Waals surface area contributed by atoms with E-state index in [9.17, 15) is 13.2 Å². The Bertz CT molecular complexity index is 767. The van der Waals surface area contributed by atoms with Crippen LogP contribution >= 0.6 is 0 Å². The van der Waals surface area contributed by atoms with Crippen LogP contribution in [0.5, 0.6) is 11.5 Å². The minimum absolute atomic E-state index is 0.0786. The van der Waals surface area contributed by atoms with E-state index >= 15 is 0 Å². The van der Waals surface area contributed by atoms with E-state index in [0.717, 1.165) is 25.7 Å². The van der Waals surface area contributed by atoms with Crippen LogP contribution in [0.15, 0.2) is 23.1 Å². The third-order valence-electron chi connectivity index (χ3n) is 5.09. The van der Waals surface area contributed by atoms with Gasteiger partial charge in [-0.25, -0.2) is 13.1 Å². The molecule has 8 heteroatoms. The Morgan fingerprint density at radius 2 is 1.77 bits per heavy atom. The molecule has 1 aromatic carbocycles. The Balaban J connectivity index is 1.60. The molecule has 1 atom stereocenters. The topological polar surface area (TPSA) is 93.7 Å². The molecule has 1 aliphatic rings. The fraction of sp³-hybridized carbons (Fsp3) is 0.682. The van der Waals surface area contributed by atoms with Crippen LogP contribution in [0.2, 0.25) is 0 Å². The Hall–Kier alpha value is -1.80. The van der Waals surface area contributed by atoms with Crippen LogP contribution in [0, 0.1) is 0 Å². The van der Waals surface area contributed by atoms with Gasteiger partial charge in [-0.3, -0.25) is 4.79 Å². The van der Waals surface area contributed by atoms with Crippen LogP contribution in [0.3, 0.4) is 0 Å². The second-order valence-electron chi connectivity index (χ2n) is 7.83. The molecule has 0 saturated heterocycles. The number of amides is 1. The van der Waals surface area contributed by atoms with Gasteiger partial charge in [-0.2, -0.15) is 0 Å². The summed E-state index contributed by atoms with van der Waals surface area (Å²) in [7, 11) is -3.59. The summed E-state index contributed by atoms with van der Waals surface area (Å²) in [4.78, 5) is 12.2. The summed E-state index contributed by atoms with van der Waals surface area (Å²) in [5, 5.41) is 3.05. The average Bonchev–Trinajstić information content (AvgIpc) is 2.73. The smallest absolute Gasteiger partial charge is 0.240 e. The Labute approximate surface area is 181 Å². The van der Waals surface area contributed by atoms with Crippen molar-refractivity contribution in [2.24, 2.45) is 0 Å². The molecule has 1 aromatic rings. The number of nitrogens with one attached hydrogen (secondary N) is 2. The predicted octanol–water partition coefficient (Wildman–Crippen LogP) is 3.77. The third kappa shape index (κ3) is 8.52. The first-order valence-electron chi connectivity index (χ1n) is 11.1. The molecule has 0 aliphatic carbocycles. The van der Waals surface area contributed by atoms with Gasteiger partial charge in [-0.15, -0.1) is 0 Å². The monoisotopic (exact) mass is 440 g/mol. The van der Waals surface area contributed by atoms with Crippen molar-refractivity contribution >= 4 is 15.9 Å². The van der Waals surface area contributed by atoms with Gasteiger partial charge >= 0.3 is 0 Å². The summed E-state index contributed by atoms with van der Waals surface area (Å²) in [5.41, 5.74) is 0. The summed E-state index contributed by atoms with van der Waals surface area (Å²) in [6, 6.07) is 4.84. The van der Waals surface area contributed by atoms with E-state index < -0.39 is 10.0 Å². The lowest BCUT2D eigenvalue weighted by molar-refractivity contribution is -0.121. The summed E-state index contributed by atoms with van der Waals surface area (Å²) in [6.07, 6.45) is 8.57. The number of sulfonamides is 1. The standard InChI is InChI=1S/C22H36N2O5S/c1-3-4-5-7-10-18(2)24-22(25)11-8-6-9-14-23-30(26,27)19-12-13-20-21(17-19)29-16-15-28-20/h12-13,17-18,23H,3-11,14-16H2,1-2H3,(H,24,25). The number of fused-ring (bicyclic) bond motifs is 1. The number of hydrogen-bond acceptors (Lipinski definition) is 5. The molecule has 0 radical (unpaired) electrons. The second kappa shape index (κ2) is 12.8. The van der Waals surface area contributed by atoms with E-state index in [-0.39, 0.29) is 16.8 Å². The number of ether oxygens (including phenoxy) is 2. The molecule has 1 amide bonds. The van der Waals surface area contributed by atoms with Crippen molar-refractivity contribution in [2.75, 3.05) is 19.8 Å². The fourth-order valence-electron chi connectivity index (χ4n) is 3.36. The van der Waals surface area contributed by atoms with Gasteiger partial charge in [0.2, 0.25) is 15.9 Å². The normalized spacial score (nSPS) is 14.3. The number of rotatable bonds is 14. The first-order valence-corrected chi connectivity index (χ1v) is 12.6. The molecule has 0 bridgehead atoms. The Kier molecular flexibility index (Phi) is 10.4. The van der Waals surface area contributed by atoms with Crippen molar-refractivity contribution in [1.82, 2.24) is 10.0 Å². The maximum Gasteiger partial charge on any atom is 0.240 e. The summed E-state index contributed by atoms with van der Waals surface area (Å²) in [5.74, 6) is 1.10. The van der Waals surface area contributed by atoms with E-state index in [1.54, 1.807) is 6.07 Å². The zero-order valence-corrected chi connectivity index (χ0v) is 19.1. The summed E-state index contributed by atoms with van der Waals surface area (Å²) >= 11 is 0. The van der Waals surface area contributed by atoms with E-state index in [4.69, 9.17) is 9.47 Å².